The van der Waals surface area contributed by atoms with Crippen LogP contribution in [0.4, 0.5) is 13.2 Å². The van der Waals surface area contributed by atoms with Crippen LogP contribution in [0.3, 0.4) is 0 Å². The van der Waals surface area contributed by atoms with Crippen LogP contribution in [0.15, 0.2) is 29.2 Å². The predicted octanol–water partition coefficient (Wildman–Crippen LogP) is 2.36. The molecule has 0 aliphatic rings. The Morgan fingerprint density at radius 1 is 1.24 bits per heavy atom. The second-order valence-electron chi connectivity index (χ2n) is 5.55. The van der Waals surface area contributed by atoms with Crippen LogP contribution in [0, 0.1) is 5.41 Å². The minimum absolute atomic E-state index is 0.1000. The average Bonchev–Trinajstić information content (AvgIpc) is 2.36. The lowest BCUT2D eigenvalue weighted by atomic mass is 9.90. The van der Waals surface area contributed by atoms with Crippen LogP contribution in [-0.2, 0) is 16.2 Å². The molecule has 4 nitrogen and oxygen atoms in total. The van der Waals surface area contributed by atoms with E-state index in [0.717, 1.165) is 18.2 Å². The number of hydrogen-bond donors (Lipinski definition) is 2. The summed E-state index contributed by atoms with van der Waals surface area (Å²) >= 11 is 0. The fraction of sp³-hybridized carbons (Fsp3) is 0.538. The number of nitrogens with one attached hydrogen (secondary N) is 1. The van der Waals surface area contributed by atoms with Crippen LogP contribution in [0.1, 0.15) is 25.8 Å². The Hall–Kier alpha value is -1.12. The van der Waals surface area contributed by atoms with Gasteiger partial charge in [0, 0.05) is 6.54 Å². The van der Waals surface area contributed by atoms with Gasteiger partial charge < -0.3 is 5.73 Å². The molecule has 1 rings (SSSR count). The average molecular weight is 324 g/mol. The first-order valence-electron chi connectivity index (χ1n) is 6.35. The van der Waals surface area contributed by atoms with Gasteiger partial charge in [-0.3, -0.25) is 0 Å². The summed E-state index contributed by atoms with van der Waals surface area (Å²) in [6.07, 6.45) is -3.98. The van der Waals surface area contributed by atoms with Crippen molar-refractivity contribution < 1.29 is 21.6 Å². The van der Waals surface area contributed by atoms with Gasteiger partial charge >= 0.3 is 6.18 Å². The van der Waals surface area contributed by atoms with Gasteiger partial charge in [-0.25, -0.2) is 13.1 Å². The monoisotopic (exact) mass is 324 g/mol. The third kappa shape index (κ3) is 5.29. The molecule has 0 fully saturated rings. The van der Waals surface area contributed by atoms with Crippen LogP contribution in [0.5, 0.6) is 0 Å². The minimum Gasteiger partial charge on any atom is -0.330 e. The number of benzene rings is 1. The van der Waals surface area contributed by atoms with Crippen molar-refractivity contribution in [2.24, 2.45) is 11.1 Å². The Morgan fingerprint density at radius 3 is 2.38 bits per heavy atom. The molecule has 0 atom stereocenters. The molecule has 0 saturated carbocycles. The van der Waals surface area contributed by atoms with Crippen molar-refractivity contribution in [2.75, 3.05) is 13.1 Å². The number of halogens is 3. The first-order valence-corrected chi connectivity index (χ1v) is 7.83. The molecular formula is C13H19F3N2O2S. The topological polar surface area (TPSA) is 72.2 Å². The summed E-state index contributed by atoms with van der Waals surface area (Å²) in [7, 11) is -3.99. The summed E-state index contributed by atoms with van der Waals surface area (Å²) < 4.78 is 64.2. The highest BCUT2D eigenvalue weighted by atomic mass is 32.2. The number of nitrogens with two attached hydrogens (primary N) is 1. The Bertz CT molecular complexity index is 583. The molecule has 0 saturated heterocycles. The van der Waals surface area contributed by atoms with Crippen molar-refractivity contribution in [1.29, 1.82) is 0 Å². The van der Waals surface area contributed by atoms with Crippen molar-refractivity contribution in [2.45, 2.75) is 31.3 Å². The SMILES string of the molecule is CC(C)(CCN)CNS(=O)(=O)c1cccc(C(F)(F)F)c1. The van der Waals surface area contributed by atoms with Gasteiger partial charge in [0.1, 0.15) is 0 Å². The highest BCUT2D eigenvalue weighted by Gasteiger charge is 2.32. The Balaban J connectivity index is 2.94. The third-order valence-electron chi connectivity index (χ3n) is 3.03. The maximum absolute atomic E-state index is 12.6. The fourth-order valence-corrected chi connectivity index (χ4v) is 2.98. The molecular weight excluding hydrogens is 305 g/mol. The van der Waals surface area contributed by atoms with Crippen LogP contribution >= 0.6 is 0 Å². The zero-order valence-electron chi connectivity index (χ0n) is 11.9. The van der Waals surface area contributed by atoms with Gasteiger partial charge in [0.05, 0.1) is 10.5 Å². The van der Waals surface area contributed by atoms with Gasteiger partial charge in [-0.2, -0.15) is 13.2 Å². The molecule has 8 heteroatoms. The van der Waals surface area contributed by atoms with E-state index in [9.17, 15) is 21.6 Å². The molecule has 0 aromatic heterocycles. The highest BCUT2D eigenvalue weighted by Crippen LogP contribution is 2.30. The Labute approximate surface area is 122 Å². The standard InChI is InChI=1S/C13H19F3N2O2S/c1-12(2,6-7-17)9-18-21(19,20)11-5-3-4-10(8-11)13(14,15)16/h3-5,8,18H,6-7,9,17H2,1-2H3. The van der Waals surface area contributed by atoms with Crippen molar-refractivity contribution in [3.8, 4) is 0 Å². The smallest absolute Gasteiger partial charge is 0.330 e. The molecule has 0 amide bonds. The lowest BCUT2D eigenvalue weighted by Gasteiger charge is -2.24. The molecule has 1 aromatic carbocycles. The third-order valence-corrected chi connectivity index (χ3v) is 4.43. The van der Waals surface area contributed by atoms with E-state index >= 15 is 0 Å². The Kier molecular flexibility index (Phi) is 5.40. The zero-order chi connectivity index (χ0) is 16.3. The van der Waals surface area contributed by atoms with Crippen LogP contribution in [0.2, 0.25) is 0 Å². The number of alkyl halides is 3. The maximum atomic E-state index is 12.6. The lowest BCUT2D eigenvalue weighted by molar-refractivity contribution is -0.137. The molecule has 1 aromatic rings. The van der Waals surface area contributed by atoms with E-state index in [1.54, 1.807) is 0 Å². The largest absolute Gasteiger partial charge is 0.416 e. The summed E-state index contributed by atoms with van der Waals surface area (Å²) in [5, 5.41) is 0. The molecule has 0 unspecified atom stereocenters. The molecule has 120 valence electrons. The first-order chi connectivity index (χ1) is 9.48. The molecule has 3 N–H and O–H groups in total. The quantitative estimate of drug-likeness (QED) is 0.844. The lowest BCUT2D eigenvalue weighted by Crippen LogP contribution is -2.35. The molecule has 0 aliphatic carbocycles. The molecule has 21 heavy (non-hydrogen) atoms. The van der Waals surface area contributed by atoms with Gasteiger partial charge in [0.15, 0.2) is 0 Å². The van der Waals surface area contributed by atoms with Gasteiger partial charge in [-0.15, -0.1) is 0 Å². The summed E-state index contributed by atoms with van der Waals surface area (Å²) in [5.74, 6) is 0. The van der Waals surface area contributed by atoms with Gasteiger partial charge in [0.2, 0.25) is 10.0 Å². The summed E-state index contributed by atoms with van der Waals surface area (Å²) in [6.45, 7) is 4.16. The minimum atomic E-state index is -4.58. The van der Waals surface area contributed by atoms with E-state index in [0.29, 0.717) is 19.0 Å². The second-order valence-corrected chi connectivity index (χ2v) is 7.32. The van der Waals surface area contributed by atoms with E-state index < -0.39 is 26.7 Å². The van der Waals surface area contributed by atoms with E-state index in [2.05, 4.69) is 4.72 Å². The predicted molar refractivity (Wildman–Crippen MR) is 74.1 cm³/mol. The van der Waals surface area contributed by atoms with E-state index in [1.165, 1.54) is 0 Å². The fourth-order valence-electron chi connectivity index (χ4n) is 1.69. The summed E-state index contributed by atoms with van der Waals surface area (Å²) in [6, 6.07) is 3.66. The van der Waals surface area contributed by atoms with Crippen molar-refractivity contribution >= 4 is 10.0 Å². The van der Waals surface area contributed by atoms with E-state index in [4.69, 9.17) is 5.73 Å². The summed E-state index contributed by atoms with van der Waals surface area (Å²) in [4.78, 5) is -0.402. The van der Waals surface area contributed by atoms with Crippen molar-refractivity contribution in [1.82, 2.24) is 4.72 Å². The number of sulfonamides is 1. The van der Waals surface area contributed by atoms with Gasteiger partial charge in [-0.05, 0) is 36.6 Å². The molecule has 0 aliphatic heterocycles. The van der Waals surface area contributed by atoms with Gasteiger partial charge in [0.25, 0.3) is 0 Å². The number of hydrogen-bond acceptors (Lipinski definition) is 3. The Morgan fingerprint density at radius 2 is 1.86 bits per heavy atom. The van der Waals surface area contributed by atoms with Crippen molar-refractivity contribution in [3.05, 3.63) is 29.8 Å². The first kappa shape index (κ1) is 17.9. The van der Waals surface area contributed by atoms with E-state index in [1.807, 2.05) is 13.8 Å². The summed E-state index contributed by atoms with van der Waals surface area (Å²) in [5.41, 5.74) is 4.07. The normalized spacial score (nSPS) is 13.4. The van der Waals surface area contributed by atoms with Crippen LogP contribution in [-0.4, -0.2) is 21.5 Å². The highest BCUT2D eigenvalue weighted by molar-refractivity contribution is 7.89. The zero-order valence-corrected chi connectivity index (χ0v) is 12.7. The van der Waals surface area contributed by atoms with Crippen LogP contribution < -0.4 is 10.5 Å². The van der Waals surface area contributed by atoms with Gasteiger partial charge in [-0.1, -0.05) is 19.9 Å². The number of rotatable bonds is 6. The van der Waals surface area contributed by atoms with Crippen LogP contribution in [0.25, 0.3) is 0 Å². The molecule has 0 spiro atoms. The molecule has 0 heterocycles. The van der Waals surface area contributed by atoms with Crippen molar-refractivity contribution in [3.63, 3.8) is 0 Å². The maximum Gasteiger partial charge on any atom is 0.416 e. The van der Waals surface area contributed by atoms with E-state index in [-0.39, 0.29) is 12.0 Å². The molecule has 0 radical (unpaired) electrons. The molecule has 0 bridgehead atoms. The second kappa shape index (κ2) is 6.33.